The summed E-state index contributed by atoms with van der Waals surface area (Å²) in [5, 5.41) is 18.3. The van der Waals surface area contributed by atoms with Crippen LogP contribution in [0, 0.1) is 13.8 Å². The Hall–Kier alpha value is -4.13. The largest absolute Gasteiger partial charge is 0.507 e. The molecule has 2 aromatic heterocycles. The second-order valence-electron chi connectivity index (χ2n) is 8.31. The number of nitrogens with zero attached hydrogens (tertiary/aromatic N) is 3. The highest BCUT2D eigenvalue weighted by molar-refractivity contribution is 6.00. The van der Waals surface area contributed by atoms with E-state index in [4.69, 9.17) is 4.74 Å². The van der Waals surface area contributed by atoms with E-state index in [1.807, 2.05) is 62.4 Å². The number of aryl methyl sites for hydroxylation is 2. The molecule has 0 bridgehead atoms. The number of carbonyl (C=O) groups is 1. The first-order valence-electron chi connectivity index (χ1n) is 10.7. The van der Waals surface area contributed by atoms with E-state index in [0.717, 1.165) is 27.8 Å². The van der Waals surface area contributed by atoms with Crippen LogP contribution in [0.15, 0.2) is 60.9 Å². The molecule has 4 aromatic rings. The van der Waals surface area contributed by atoms with Crippen molar-refractivity contribution in [3.05, 3.63) is 94.4 Å². The van der Waals surface area contributed by atoms with Gasteiger partial charge < -0.3 is 14.7 Å². The molecule has 3 heterocycles. The lowest BCUT2D eigenvalue weighted by Crippen LogP contribution is -2.29. The SMILES string of the molecule is COc1cccc([C@H]2c3c(-c4cc(C)cc(C)c4O)n[nH]c3C(=O)N2Cc2cccnc2)c1. The number of aromatic nitrogens is 3. The average Bonchev–Trinajstić information content (AvgIpc) is 3.36. The van der Waals surface area contributed by atoms with E-state index < -0.39 is 6.04 Å². The number of hydrogen-bond donors (Lipinski definition) is 2. The zero-order valence-corrected chi connectivity index (χ0v) is 18.7. The standard InChI is InChI=1S/C26H24N4O3/c1-15-10-16(2)25(31)20(11-15)22-21-23(29-28-22)26(32)30(14-17-6-5-9-27-13-17)24(21)18-7-4-8-19(12-18)33-3/h4-13,24,31H,14H2,1-3H3,(H,28,29)/t24-/m0/s1. The van der Waals surface area contributed by atoms with Crippen molar-refractivity contribution < 1.29 is 14.6 Å². The van der Waals surface area contributed by atoms with Crippen molar-refractivity contribution >= 4 is 5.91 Å². The maximum atomic E-state index is 13.5. The van der Waals surface area contributed by atoms with Gasteiger partial charge in [-0.05, 0) is 60.4 Å². The molecule has 0 saturated carbocycles. The Morgan fingerprint density at radius 1 is 1.15 bits per heavy atom. The number of carbonyl (C=O) groups excluding carboxylic acids is 1. The lowest BCUT2D eigenvalue weighted by Gasteiger charge is -2.26. The van der Waals surface area contributed by atoms with Crippen LogP contribution in [-0.2, 0) is 6.54 Å². The normalized spacial score (nSPS) is 15.1. The number of phenols is 1. The molecule has 2 N–H and O–H groups in total. The number of pyridine rings is 1. The highest BCUT2D eigenvalue weighted by Crippen LogP contribution is 2.46. The van der Waals surface area contributed by atoms with Crippen molar-refractivity contribution in [2.24, 2.45) is 0 Å². The summed E-state index contributed by atoms with van der Waals surface area (Å²) in [7, 11) is 1.62. The number of rotatable bonds is 5. The molecule has 0 radical (unpaired) electrons. The van der Waals surface area contributed by atoms with Crippen molar-refractivity contribution in [1.29, 1.82) is 0 Å². The summed E-state index contributed by atoms with van der Waals surface area (Å²) in [4.78, 5) is 19.5. The molecule has 1 atom stereocenters. The number of benzene rings is 2. The molecule has 5 rings (SSSR count). The molecule has 0 fully saturated rings. The maximum Gasteiger partial charge on any atom is 0.273 e. The van der Waals surface area contributed by atoms with Crippen LogP contribution < -0.4 is 4.74 Å². The molecule has 1 amide bonds. The number of ether oxygens (including phenoxy) is 1. The Kier molecular flexibility index (Phi) is 5.09. The molecule has 7 nitrogen and oxygen atoms in total. The third-order valence-corrected chi connectivity index (χ3v) is 6.05. The van der Waals surface area contributed by atoms with E-state index in [1.165, 1.54) is 0 Å². The van der Waals surface area contributed by atoms with E-state index in [-0.39, 0.29) is 11.7 Å². The van der Waals surface area contributed by atoms with Gasteiger partial charge in [0.25, 0.3) is 5.91 Å². The van der Waals surface area contributed by atoms with Gasteiger partial charge in [0.05, 0.1) is 13.2 Å². The molecule has 0 unspecified atom stereocenters. The van der Waals surface area contributed by atoms with Crippen molar-refractivity contribution in [2.75, 3.05) is 7.11 Å². The molecule has 166 valence electrons. The van der Waals surface area contributed by atoms with Gasteiger partial charge in [-0.15, -0.1) is 0 Å². The summed E-state index contributed by atoms with van der Waals surface area (Å²) in [6.07, 6.45) is 3.47. The number of phenolic OH excluding ortho intramolecular Hbond substituents is 1. The summed E-state index contributed by atoms with van der Waals surface area (Å²) < 4.78 is 5.45. The fourth-order valence-corrected chi connectivity index (χ4v) is 4.55. The highest BCUT2D eigenvalue weighted by atomic mass is 16.5. The Morgan fingerprint density at radius 2 is 2.00 bits per heavy atom. The molecule has 0 saturated heterocycles. The van der Waals surface area contributed by atoms with Gasteiger partial charge in [0, 0.05) is 30.1 Å². The monoisotopic (exact) mass is 440 g/mol. The lowest BCUT2D eigenvalue weighted by atomic mass is 9.94. The molecule has 1 aliphatic rings. The second-order valence-corrected chi connectivity index (χ2v) is 8.31. The van der Waals surface area contributed by atoms with Crippen molar-refractivity contribution in [1.82, 2.24) is 20.1 Å². The van der Waals surface area contributed by atoms with Gasteiger partial charge in [-0.3, -0.25) is 14.9 Å². The van der Waals surface area contributed by atoms with Crippen LogP contribution in [0.25, 0.3) is 11.3 Å². The molecular formula is C26H24N4O3. The van der Waals surface area contributed by atoms with Gasteiger partial charge >= 0.3 is 0 Å². The van der Waals surface area contributed by atoms with Gasteiger partial charge in [0.2, 0.25) is 0 Å². The minimum atomic E-state index is -0.406. The van der Waals surface area contributed by atoms with Crippen LogP contribution in [0.3, 0.4) is 0 Å². The van der Waals surface area contributed by atoms with Crippen molar-refractivity contribution in [3.63, 3.8) is 0 Å². The van der Waals surface area contributed by atoms with Crippen LogP contribution >= 0.6 is 0 Å². The quantitative estimate of drug-likeness (QED) is 0.475. The Balaban J connectivity index is 1.70. The fraction of sp³-hybridized carbons (Fsp3) is 0.192. The first kappa shape index (κ1) is 20.8. The number of nitrogens with one attached hydrogen (secondary N) is 1. The summed E-state index contributed by atoms with van der Waals surface area (Å²) in [5.41, 5.74) is 5.95. The minimum absolute atomic E-state index is 0.149. The Labute approximate surface area is 191 Å². The summed E-state index contributed by atoms with van der Waals surface area (Å²) in [5.74, 6) is 0.718. The summed E-state index contributed by atoms with van der Waals surface area (Å²) in [6.45, 7) is 4.22. The number of aromatic hydroxyl groups is 1. The topological polar surface area (TPSA) is 91.3 Å². The first-order valence-corrected chi connectivity index (χ1v) is 10.7. The van der Waals surface area contributed by atoms with Crippen molar-refractivity contribution in [3.8, 4) is 22.8 Å². The first-order chi connectivity index (χ1) is 16.0. The van der Waals surface area contributed by atoms with Gasteiger partial charge in [-0.2, -0.15) is 5.10 Å². The molecule has 7 heteroatoms. The lowest BCUT2D eigenvalue weighted by molar-refractivity contribution is 0.0729. The second kappa shape index (κ2) is 8.09. The van der Waals surface area contributed by atoms with Crippen molar-refractivity contribution in [2.45, 2.75) is 26.4 Å². The maximum absolute atomic E-state index is 13.5. The van der Waals surface area contributed by atoms with Crippen LogP contribution in [0.5, 0.6) is 11.5 Å². The predicted octanol–water partition coefficient (Wildman–Crippen LogP) is 4.55. The highest BCUT2D eigenvalue weighted by Gasteiger charge is 2.42. The average molecular weight is 441 g/mol. The molecule has 2 aromatic carbocycles. The number of H-pyrrole nitrogens is 1. The van der Waals surface area contributed by atoms with E-state index in [1.54, 1.807) is 24.4 Å². The smallest absolute Gasteiger partial charge is 0.273 e. The molecule has 0 aliphatic carbocycles. The van der Waals surface area contributed by atoms with E-state index in [2.05, 4.69) is 15.2 Å². The van der Waals surface area contributed by atoms with Gasteiger partial charge in [0.1, 0.15) is 22.9 Å². The van der Waals surface area contributed by atoms with Crippen LogP contribution in [0.2, 0.25) is 0 Å². The number of hydrogen-bond acceptors (Lipinski definition) is 5. The van der Waals surface area contributed by atoms with E-state index in [9.17, 15) is 9.90 Å². The van der Waals surface area contributed by atoms with E-state index >= 15 is 0 Å². The molecular weight excluding hydrogens is 416 g/mol. The summed E-state index contributed by atoms with van der Waals surface area (Å²) >= 11 is 0. The minimum Gasteiger partial charge on any atom is -0.507 e. The fourth-order valence-electron chi connectivity index (χ4n) is 4.55. The predicted molar refractivity (Wildman–Crippen MR) is 124 cm³/mol. The number of amides is 1. The van der Waals surface area contributed by atoms with Gasteiger partial charge in [0.15, 0.2) is 0 Å². The summed E-state index contributed by atoms with van der Waals surface area (Å²) in [6, 6.07) is 14.9. The number of aromatic amines is 1. The van der Waals surface area contributed by atoms with Crippen LogP contribution in [0.1, 0.15) is 44.3 Å². The van der Waals surface area contributed by atoms with Gasteiger partial charge in [-0.1, -0.05) is 24.3 Å². The van der Waals surface area contributed by atoms with Gasteiger partial charge in [-0.25, -0.2) is 0 Å². The molecule has 33 heavy (non-hydrogen) atoms. The number of methoxy groups -OCH3 is 1. The third-order valence-electron chi connectivity index (χ3n) is 6.05. The Bertz CT molecular complexity index is 1350. The molecule has 0 spiro atoms. The third kappa shape index (κ3) is 3.51. The zero-order chi connectivity index (χ0) is 23.1. The number of fused-ring (bicyclic) bond motifs is 1. The zero-order valence-electron chi connectivity index (χ0n) is 18.7. The Morgan fingerprint density at radius 3 is 2.76 bits per heavy atom. The van der Waals surface area contributed by atoms with Crippen LogP contribution in [-0.4, -0.2) is 38.2 Å². The molecule has 1 aliphatic heterocycles. The van der Waals surface area contributed by atoms with Crippen LogP contribution in [0.4, 0.5) is 0 Å². The van der Waals surface area contributed by atoms with E-state index in [0.29, 0.717) is 29.2 Å².